The lowest BCUT2D eigenvalue weighted by Crippen LogP contribution is -2.42. The van der Waals surface area contributed by atoms with Crippen molar-refractivity contribution in [3.05, 3.63) is 0 Å². The number of aliphatic hydroxyl groups excluding tert-OH is 1. The number of nitrogens with one attached hydrogen (secondary N) is 1. The number of hydrogen-bond acceptors (Lipinski definition) is 2. The van der Waals surface area contributed by atoms with Gasteiger partial charge in [0.1, 0.15) is 0 Å². The molecule has 0 aliphatic heterocycles. The summed E-state index contributed by atoms with van der Waals surface area (Å²) >= 11 is 0. The Morgan fingerprint density at radius 1 is 1.54 bits per heavy atom. The van der Waals surface area contributed by atoms with Gasteiger partial charge in [0.05, 0.1) is 22.3 Å². The van der Waals surface area contributed by atoms with Crippen molar-refractivity contribution >= 4 is 11.0 Å². The maximum atomic E-state index is 11.7. The van der Waals surface area contributed by atoms with Crippen LogP contribution in [0.2, 0.25) is 0 Å². The molecule has 0 saturated heterocycles. The molecule has 0 heterocycles. The quantitative estimate of drug-likeness (QED) is 0.713. The van der Waals surface area contributed by atoms with E-state index in [9.17, 15) is 4.21 Å². The summed E-state index contributed by atoms with van der Waals surface area (Å²) in [7, 11) is -1.06. The van der Waals surface area contributed by atoms with Crippen molar-refractivity contribution in [2.24, 2.45) is 5.92 Å². The normalized spacial score (nSPS) is 22.8. The molecule has 0 radical (unpaired) electrons. The Balaban J connectivity index is 2.41. The smallest absolute Gasteiger partial charge is 0.0973 e. The van der Waals surface area contributed by atoms with Crippen LogP contribution in [-0.2, 0) is 11.0 Å². The van der Waals surface area contributed by atoms with Crippen LogP contribution in [0.3, 0.4) is 0 Å². The maximum Gasteiger partial charge on any atom is 0.0973 e. The Labute approximate surface area is 82.5 Å². The van der Waals surface area contributed by atoms with Crippen LogP contribution in [0, 0.1) is 5.92 Å². The SMILES string of the molecule is CC(C)(C)S(=O)NC(CO)C1CC1. The van der Waals surface area contributed by atoms with Crippen LogP contribution in [0.1, 0.15) is 33.6 Å². The van der Waals surface area contributed by atoms with E-state index in [2.05, 4.69) is 4.72 Å². The third-order valence-corrected chi connectivity index (χ3v) is 3.83. The molecule has 0 spiro atoms. The minimum absolute atomic E-state index is 0.0278. The second kappa shape index (κ2) is 4.07. The van der Waals surface area contributed by atoms with Gasteiger partial charge in [-0.25, -0.2) is 8.93 Å². The fourth-order valence-electron chi connectivity index (χ4n) is 1.10. The standard InChI is InChI=1S/C9H19NO2S/c1-9(2,3)13(12)10-8(6-11)7-4-5-7/h7-8,10-11H,4-6H2,1-3H3. The van der Waals surface area contributed by atoms with Crippen LogP contribution >= 0.6 is 0 Å². The molecule has 0 aromatic rings. The number of rotatable bonds is 4. The minimum Gasteiger partial charge on any atom is -0.395 e. The molecule has 1 saturated carbocycles. The summed E-state index contributed by atoms with van der Waals surface area (Å²) in [5.41, 5.74) is 0. The highest BCUT2D eigenvalue weighted by atomic mass is 32.2. The summed E-state index contributed by atoms with van der Waals surface area (Å²) in [5.74, 6) is 0.538. The first kappa shape index (κ1) is 11.1. The van der Waals surface area contributed by atoms with Gasteiger partial charge in [-0.1, -0.05) is 0 Å². The zero-order chi connectivity index (χ0) is 10.1. The minimum atomic E-state index is -1.06. The molecule has 0 bridgehead atoms. The largest absolute Gasteiger partial charge is 0.395 e. The first-order valence-corrected chi connectivity index (χ1v) is 5.89. The van der Waals surface area contributed by atoms with Gasteiger partial charge >= 0.3 is 0 Å². The van der Waals surface area contributed by atoms with Gasteiger partial charge in [-0.05, 0) is 39.5 Å². The number of hydrogen-bond donors (Lipinski definition) is 2. The summed E-state index contributed by atoms with van der Waals surface area (Å²) in [5, 5.41) is 9.05. The molecule has 0 aromatic carbocycles. The van der Waals surface area contributed by atoms with Gasteiger partial charge in [0.15, 0.2) is 0 Å². The van der Waals surface area contributed by atoms with Gasteiger partial charge in [0.2, 0.25) is 0 Å². The summed E-state index contributed by atoms with van der Waals surface area (Å²) in [6.07, 6.45) is 2.30. The second-order valence-corrected chi connectivity index (χ2v) is 6.62. The van der Waals surface area contributed by atoms with E-state index in [1.165, 1.54) is 0 Å². The van der Waals surface area contributed by atoms with E-state index < -0.39 is 11.0 Å². The summed E-state index contributed by atoms with van der Waals surface area (Å²) in [6.45, 7) is 5.87. The highest BCUT2D eigenvalue weighted by Gasteiger charge is 2.33. The topological polar surface area (TPSA) is 49.3 Å². The molecule has 2 atom stereocenters. The Bertz CT molecular complexity index is 196. The molecule has 78 valence electrons. The lowest BCUT2D eigenvalue weighted by atomic mass is 10.2. The van der Waals surface area contributed by atoms with Crippen molar-refractivity contribution in [3.63, 3.8) is 0 Å². The van der Waals surface area contributed by atoms with Crippen LogP contribution in [-0.4, -0.2) is 26.7 Å². The first-order valence-electron chi connectivity index (χ1n) is 4.74. The highest BCUT2D eigenvalue weighted by molar-refractivity contribution is 7.84. The predicted octanol–water partition coefficient (Wildman–Crippen LogP) is 0.809. The molecule has 13 heavy (non-hydrogen) atoms. The van der Waals surface area contributed by atoms with Crippen molar-refractivity contribution in [2.75, 3.05) is 6.61 Å². The van der Waals surface area contributed by atoms with Crippen molar-refractivity contribution in [1.82, 2.24) is 4.72 Å². The maximum absolute atomic E-state index is 11.7. The van der Waals surface area contributed by atoms with Crippen LogP contribution in [0.25, 0.3) is 0 Å². The van der Waals surface area contributed by atoms with Gasteiger partial charge in [-0.2, -0.15) is 0 Å². The van der Waals surface area contributed by atoms with Crippen LogP contribution in [0.5, 0.6) is 0 Å². The van der Waals surface area contributed by atoms with E-state index in [4.69, 9.17) is 5.11 Å². The van der Waals surface area contributed by atoms with Crippen molar-refractivity contribution in [1.29, 1.82) is 0 Å². The lowest BCUT2D eigenvalue weighted by Gasteiger charge is -2.22. The fourth-order valence-corrected chi connectivity index (χ4v) is 1.99. The molecule has 1 aliphatic carbocycles. The zero-order valence-corrected chi connectivity index (χ0v) is 9.36. The van der Waals surface area contributed by atoms with Gasteiger partial charge in [-0.3, -0.25) is 0 Å². The van der Waals surface area contributed by atoms with Crippen LogP contribution in [0.4, 0.5) is 0 Å². The van der Waals surface area contributed by atoms with E-state index in [-0.39, 0.29) is 17.4 Å². The predicted molar refractivity (Wildman–Crippen MR) is 54.6 cm³/mol. The Morgan fingerprint density at radius 2 is 2.08 bits per heavy atom. The lowest BCUT2D eigenvalue weighted by molar-refractivity contribution is 0.245. The third-order valence-electron chi connectivity index (χ3n) is 2.20. The molecule has 1 aliphatic rings. The first-order chi connectivity index (χ1) is 5.95. The molecule has 1 fully saturated rings. The molecule has 2 unspecified atom stereocenters. The van der Waals surface area contributed by atoms with Crippen LogP contribution in [0.15, 0.2) is 0 Å². The van der Waals surface area contributed by atoms with Gasteiger partial charge in [0.25, 0.3) is 0 Å². The molecular formula is C9H19NO2S. The van der Waals surface area contributed by atoms with Crippen molar-refractivity contribution in [3.8, 4) is 0 Å². The average molecular weight is 205 g/mol. The van der Waals surface area contributed by atoms with E-state index in [1.807, 2.05) is 20.8 Å². The van der Waals surface area contributed by atoms with Crippen molar-refractivity contribution < 1.29 is 9.32 Å². The summed E-state index contributed by atoms with van der Waals surface area (Å²) in [6, 6.07) is 0.0278. The van der Waals surface area contributed by atoms with E-state index in [0.717, 1.165) is 12.8 Å². The van der Waals surface area contributed by atoms with Gasteiger partial charge in [-0.15, -0.1) is 0 Å². The zero-order valence-electron chi connectivity index (χ0n) is 8.54. The Morgan fingerprint density at radius 3 is 2.38 bits per heavy atom. The second-order valence-electron chi connectivity index (χ2n) is 4.63. The summed E-state index contributed by atoms with van der Waals surface area (Å²) in [4.78, 5) is 0. The van der Waals surface area contributed by atoms with E-state index in [0.29, 0.717) is 5.92 Å². The molecule has 0 amide bonds. The van der Waals surface area contributed by atoms with E-state index >= 15 is 0 Å². The third kappa shape index (κ3) is 3.37. The molecule has 0 aromatic heterocycles. The molecular weight excluding hydrogens is 186 g/mol. The number of aliphatic hydroxyl groups is 1. The molecule has 2 N–H and O–H groups in total. The summed E-state index contributed by atoms with van der Waals surface area (Å²) < 4.78 is 14.4. The highest BCUT2D eigenvalue weighted by Crippen LogP contribution is 2.32. The molecule has 4 heteroatoms. The van der Waals surface area contributed by atoms with Crippen LogP contribution < -0.4 is 4.72 Å². The Kier molecular flexibility index (Phi) is 3.49. The fraction of sp³-hybridized carbons (Fsp3) is 1.00. The monoisotopic (exact) mass is 205 g/mol. The van der Waals surface area contributed by atoms with Gasteiger partial charge in [0, 0.05) is 6.04 Å². The van der Waals surface area contributed by atoms with Crippen molar-refractivity contribution in [2.45, 2.75) is 44.4 Å². The van der Waals surface area contributed by atoms with E-state index in [1.54, 1.807) is 0 Å². The average Bonchev–Trinajstić information content (AvgIpc) is 2.80. The molecule has 1 rings (SSSR count). The molecule has 3 nitrogen and oxygen atoms in total. The Hall–Kier alpha value is 0.0700. The van der Waals surface area contributed by atoms with Gasteiger partial charge < -0.3 is 5.11 Å².